The van der Waals surface area contributed by atoms with Crippen LogP contribution < -0.4 is 5.73 Å². The van der Waals surface area contributed by atoms with E-state index in [1.165, 1.54) is 4.88 Å². The van der Waals surface area contributed by atoms with Gasteiger partial charge in [0.05, 0.1) is 6.04 Å². The lowest BCUT2D eigenvalue weighted by atomic mass is 10.1. The molecule has 0 saturated carbocycles. The largest absolute Gasteiger partial charge is 0.320 e. The molecular formula is C12H11Cl2NS. The molecule has 1 nitrogen and oxygen atoms in total. The van der Waals surface area contributed by atoms with Crippen LogP contribution in [0.5, 0.6) is 0 Å². The summed E-state index contributed by atoms with van der Waals surface area (Å²) in [6.07, 6.45) is 0. The van der Waals surface area contributed by atoms with Crippen molar-refractivity contribution in [1.29, 1.82) is 0 Å². The summed E-state index contributed by atoms with van der Waals surface area (Å²) in [5.41, 5.74) is 6.97. The van der Waals surface area contributed by atoms with Crippen LogP contribution in [0, 0.1) is 6.92 Å². The van der Waals surface area contributed by atoms with Crippen molar-refractivity contribution in [3.63, 3.8) is 0 Å². The highest BCUT2D eigenvalue weighted by molar-refractivity contribution is 7.12. The number of nitrogens with two attached hydrogens (primary N) is 1. The van der Waals surface area contributed by atoms with Crippen LogP contribution in [-0.4, -0.2) is 0 Å². The summed E-state index contributed by atoms with van der Waals surface area (Å²) < 4.78 is 0. The minimum absolute atomic E-state index is 0.250. The Morgan fingerprint density at radius 2 is 1.75 bits per heavy atom. The Bertz CT molecular complexity index is 487. The quantitative estimate of drug-likeness (QED) is 0.860. The SMILES string of the molecule is Cc1ccc(C(N)c2c(Cl)cccc2Cl)s1. The number of aryl methyl sites for hydroxylation is 1. The van der Waals surface area contributed by atoms with E-state index in [9.17, 15) is 0 Å². The third-order valence-electron chi connectivity index (χ3n) is 2.38. The van der Waals surface area contributed by atoms with E-state index in [1.807, 2.05) is 30.3 Å². The van der Waals surface area contributed by atoms with Crippen LogP contribution in [0.15, 0.2) is 30.3 Å². The van der Waals surface area contributed by atoms with Crippen molar-refractivity contribution < 1.29 is 0 Å². The zero-order valence-electron chi connectivity index (χ0n) is 8.71. The first-order chi connectivity index (χ1) is 7.59. The van der Waals surface area contributed by atoms with Crippen LogP contribution in [0.2, 0.25) is 10.0 Å². The van der Waals surface area contributed by atoms with Gasteiger partial charge >= 0.3 is 0 Å². The van der Waals surface area contributed by atoms with Crippen molar-refractivity contribution in [2.45, 2.75) is 13.0 Å². The Balaban J connectivity index is 2.45. The molecule has 4 heteroatoms. The highest BCUT2D eigenvalue weighted by Crippen LogP contribution is 2.34. The molecule has 84 valence electrons. The van der Waals surface area contributed by atoms with E-state index >= 15 is 0 Å². The molecule has 1 heterocycles. The molecule has 1 unspecified atom stereocenters. The number of halogens is 2. The summed E-state index contributed by atoms with van der Waals surface area (Å²) in [6.45, 7) is 2.05. The summed E-state index contributed by atoms with van der Waals surface area (Å²) in [7, 11) is 0. The standard InChI is InChI=1S/C12H11Cl2NS/c1-7-5-6-10(16-7)12(15)11-8(13)3-2-4-9(11)14/h2-6,12H,15H2,1H3. The monoisotopic (exact) mass is 271 g/mol. The first-order valence-corrected chi connectivity index (χ1v) is 6.42. The maximum absolute atomic E-state index is 6.17. The maximum Gasteiger partial charge on any atom is 0.0675 e. The van der Waals surface area contributed by atoms with Crippen molar-refractivity contribution in [1.82, 2.24) is 0 Å². The lowest BCUT2D eigenvalue weighted by molar-refractivity contribution is 0.894. The Morgan fingerprint density at radius 3 is 2.25 bits per heavy atom. The molecule has 0 amide bonds. The minimum atomic E-state index is -0.250. The molecule has 0 bridgehead atoms. The molecule has 0 aliphatic rings. The van der Waals surface area contributed by atoms with Gasteiger partial charge in [0.1, 0.15) is 0 Å². The lowest BCUT2D eigenvalue weighted by Gasteiger charge is -2.13. The molecule has 1 aromatic heterocycles. The van der Waals surface area contributed by atoms with E-state index in [-0.39, 0.29) is 6.04 Å². The molecule has 0 saturated heterocycles. The van der Waals surface area contributed by atoms with E-state index in [4.69, 9.17) is 28.9 Å². The van der Waals surface area contributed by atoms with Gasteiger partial charge in [0.25, 0.3) is 0 Å². The topological polar surface area (TPSA) is 26.0 Å². The van der Waals surface area contributed by atoms with Gasteiger partial charge < -0.3 is 5.73 Å². The summed E-state index contributed by atoms with van der Waals surface area (Å²) in [5.74, 6) is 0. The second-order valence-electron chi connectivity index (χ2n) is 3.56. The molecule has 0 radical (unpaired) electrons. The van der Waals surface area contributed by atoms with Crippen molar-refractivity contribution in [3.05, 3.63) is 55.7 Å². The van der Waals surface area contributed by atoms with Crippen molar-refractivity contribution >= 4 is 34.5 Å². The number of hydrogen-bond donors (Lipinski definition) is 1. The van der Waals surface area contributed by atoms with Gasteiger partial charge in [-0.3, -0.25) is 0 Å². The highest BCUT2D eigenvalue weighted by atomic mass is 35.5. The number of rotatable bonds is 2. The third kappa shape index (κ3) is 2.25. The zero-order valence-corrected chi connectivity index (χ0v) is 11.0. The van der Waals surface area contributed by atoms with E-state index < -0.39 is 0 Å². The van der Waals surface area contributed by atoms with Gasteiger partial charge in [-0.1, -0.05) is 29.3 Å². The van der Waals surface area contributed by atoms with E-state index in [1.54, 1.807) is 11.3 Å². The molecule has 0 aliphatic carbocycles. The highest BCUT2D eigenvalue weighted by Gasteiger charge is 2.17. The average molecular weight is 272 g/mol. The van der Waals surface area contributed by atoms with Crippen molar-refractivity contribution in [3.8, 4) is 0 Å². The molecular weight excluding hydrogens is 261 g/mol. The molecule has 2 aromatic rings. The Kier molecular flexibility index (Phi) is 3.55. The molecule has 0 spiro atoms. The Labute approximate surface area is 109 Å². The fourth-order valence-corrected chi connectivity index (χ4v) is 3.09. The Hall–Kier alpha value is -0.540. The number of hydrogen-bond acceptors (Lipinski definition) is 2. The fourth-order valence-electron chi connectivity index (χ4n) is 1.57. The van der Waals surface area contributed by atoms with Crippen LogP contribution in [-0.2, 0) is 0 Å². The van der Waals surface area contributed by atoms with Gasteiger partial charge in [0, 0.05) is 25.4 Å². The molecule has 0 aliphatic heterocycles. The smallest absolute Gasteiger partial charge is 0.0675 e. The fraction of sp³-hybridized carbons (Fsp3) is 0.167. The molecule has 2 rings (SSSR count). The minimum Gasteiger partial charge on any atom is -0.320 e. The summed E-state index contributed by atoms with van der Waals surface area (Å²) in [4.78, 5) is 2.31. The number of benzene rings is 1. The van der Waals surface area contributed by atoms with E-state index in [0.29, 0.717) is 10.0 Å². The van der Waals surface area contributed by atoms with Crippen molar-refractivity contribution in [2.24, 2.45) is 5.73 Å². The molecule has 1 atom stereocenters. The van der Waals surface area contributed by atoms with Crippen LogP contribution in [0.1, 0.15) is 21.4 Å². The van der Waals surface area contributed by atoms with Gasteiger partial charge in [0.15, 0.2) is 0 Å². The third-order valence-corrected chi connectivity index (χ3v) is 4.12. The molecule has 1 aromatic carbocycles. The van der Waals surface area contributed by atoms with E-state index in [2.05, 4.69) is 6.92 Å². The van der Waals surface area contributed by atoms with Crippen LogP contribution in [0.25, 0.3) is 0 Å². The van der Waals surface area contributed by atoms with E-state index in [0.717, 1.165) is 10.4 Å². The zero-order chi connectivity index (χ0) is 11.7. The van der Waals surface area contributed by atoms with Crippen LogP contribution in [0.4, 0.5) is 0 Å². The molecule has 16 heavy (non-hydrogen) atoms. The van der Waals surface area contributed by atoms with Crippen LogP contribution in [0.3, 0.4) is 0 Å². The predicted molar refractivity (Wildman–Crippen MR) is 71.5 cm³/mol. The predicted octanol–water partition coefficient (Wildman–Crippen LogP) is 4.41. The first-order valence-electron chi connectivity index (χ1n) is 4.85. The summed E-state index contributed by atoms with van der Waals surface area (Å²) in [5, 5.41) is 1.23. The van der Waals surface area contributed by atoms with Crippen LogP contribution >= 0.6 is 34.5 Å². The van der Waals surface area contributed by atoms with Gasteiger partial charge in [-0.15, -0.1) is 11.3 Å². The average Bonchev–Trinajstić information content (AvgIpc) is 2.64. The second kappa shape index (κ2) is 4.76. The van der Waals surface area contributed by atoms with Gasteiger partial charge in [-0.2, -0.15) is 0 Å². The normalized spacial score (nSPS) is 12.8. The second-order valence-corrected chi connectivity index (χ2v) is 5.70. The molecule has 2 N–H and O–H groups in total. The Morgan fingerprint density at radius 1 is 1.12 bits per heavy atom. The molecule has 0 fully saturated rings. The summed E-state index contributed by atoms with van der Waals surface area (Å²) >= 11 is 13.9. The maximum atomic E-state index is 6.17. The summed E-state index contributed by atoms with van der Waals surface area (Å²) in [6, 6.07) is 9.25. The van der Waals surface area contributed by atoms with Gasteiger partial charge in [-0.05, 0) is 31.2 Å². The first kappa shape index (κ1) is 11.9. The van der Waals surface area contributed by atoms with Gasteiger partial charge in [0.2, 0.25) is 0 Å². The number of thiophene rings is 1. The van der Waals surface area contributed by atoms with Crippen molar-refractivity contribution in [2.75, 3.05) is 0 Å². The van der Waals surface area contributed by atoms with Gasteiger partial charge in [-0.25, -0.2) is 0 Å². The lowest BCUT2D eigenvalue weighted by Crippen LogP contribution is -2.11.